The van der Waals surface area contributed by atoms with Gasteiger partial charge in [0.2, 0.25) is 0 Å². The molecule has 0 fully saturated rings. The number of hydrogen-bond donors (Lipinski definition) is 0. The van der Waals surface area contributed by atoms with Gasteiger partial charge in [0.1, 0.15) is 0 Å². The molecule has 0 aliphatic heterocycles. The SMILES string of the molecule is CCCCCCCCCCCCC(=O)O[Si](CCC)(CCC)OC(=O)CCCCCCCCCCCC. The lowest BCUT2D eigenvalue weighted by molar-refractivity contribution is -0.142. The zero-order valence-corrected chi connectivity index (χ0v) is 26.5. The first-order valence-electron chi connectivity index (χ1n) is 16.5. The Balaban J connectivity index is 4.20. The van der Waals surface area contributed by atoms with E-state index in [1.165, 1.54) is 103 Å². The van der Waals surface area contributed by atoms with Crippen molar-refractivity contribution in [2.24, 2.45) is 0 Å². The van der Waals surface area contributed by atoms with Crippen LogP contribution in [0.3, 0.4) is 0 Å². The Bertz CT molecular complexity index is 477. The van der Waals surface area contributed by atoms with Crippen molar-refractivity contribution in [1.82, 2.24) is 0 Å². The minimum atomic E-state index is -2.82. The molecule has 0 aliphatic carbocycles. The summed E-state index contributed by atoms with van der Waals surface area (Å²) in [6.45, 7) is 8.68. The molecule has 0 radical (unpaired) electrons. The molecule has 0 aromatic rings. The second-order valence-corrected chi connectivity index (χ2v) is 14.5. The third kappa shape index (κ3) is 22.8. The van der Waals surface area contributed by atoms with Crippen LogP contribution < -0.4 is 0 Å². The maximum Gasteiger partial charge on any atom is 0.464 e. The van der Waals surface area contributed by atoms with Crippen LogP contribution in [0.25, 0.3) is 0 Å². The summed E-state index contributed by atoms with van der Waals surface area (Å²) in [5.41, 5.74) is 0. The van der Waals surface area contributed by atoms with Crippen LogP contribution in [0, 0.1) is 0 Å². The molecule has 0 N–H and O–H groups in total. The van der Waals surface area contributed by atoms with Gasteiger partial charge in [-0.05, 0) is 12.8 Å². The molecule has 4 nitrogen and oxygen atoms in total. The van der Waals surface area contributed by atoms with Crippen molar-refractivity contribution in [2.45, 2.75) is 194 Å². The third-order valence-electron chi connectivity index (χ3n) is 7.33. The highest BCUT2D eigenvalue weighted by molar-refractivity contribution is 6.70. The molecular weight excluding hydrogens is 476 g/mol. The van der Waals surface area contributed by atoms with Gasteiger partial charge in [0.25, 0.3) is 11.9 Å². The van der Waals surface area contributed by atoms with Crippen LogP contribution in [-0.4, -0.2) is 20.5 Å². The van der Waals surface area contributed by atoms with E-state index in [1.807, 2.05) is 0 Å². The zero-order valence-electron chi connectivity index (χ0n) is 25.5. The molecule has 0 saturated carbocycles. The van der Waals surface area contributed by atoms with E-state index in [2.05, 4.69) is 27.7 Å². The molecule has 0 aromatic heterocycles. The van der Waals surface area contributed by atoms with Crippen LogP contribution in [0.1, 0.15) is 182 Å². The topological polar surface area (TPSA) is 52.6 Å². The second kappa shape index (κ2) is 26.8. The molecule has 0 amide bonds. The van der Waals surface area contributed by atoms with Crippen molar-refractivity contribution < 1.29 is 18.4 Å². The Morgan fingerprint density at radius 1 is 0.405 bits per heavy atom. The average molecular weight is 541 g/mol. The lowest BCUT2D eigenvalue weighted by Gasteiger charge is -2.29. The maximum absolute atomic E-state index is 12.7. The van der Waals surface area contributed by atoms with Gasteiger partial charge in [-0.3, -0.25) is 9.59 Å². The summed E-state index contributed by atoms with van der Waals surface area (Å²) in [4.78, 5) is 25.4. The highest BCUT2D eigenvalue weighted by Gasteiger charge is 2.43. The van der Waals surface area contributed by atoms with E-state index in [0.29, 0.717) is 24.9 Å². The third-order valence-corrected chi connectivity index (χ3v) is 11.1. The zero-order chi connectivity index (χ0) is 27.5. The van der Waals surface area contributed by atoms with Crippen LogP contribution in [0.15, 0.2) is 0 Å². The Hall–Kier alpha value is -0.843. The fraction of sp³-hybridized carbons (Fsp3) is 0.938. The molecule has 37 heavy (non-hydrogen) atoms. The van der Waals surface area contributed by atoms with Crippen molar-refractivity contribution in [1.29, 1.82) is 0 Å². The van der Waals surface area contributed by atoms with Crippen molar-refractivity contribution in [3.8, 4) is 0 Å². The van der Waals surface area contributed by atoms with Gasteiger partial charge in [0, 0.05) is 24.9 Å². The number of hydrogen-bond acceptors (Lipinski definition) is 4. The molecule has 0 heterocycles. The summed E-state index contributed by atoms with van der Waals surface area (Å²) in [5, 5.41) is 0. The minimum absolute atomic E-state index is 0.153. The van der Waals surface area contributed by atoms with Gasteiger partial charge in [0.15, 0.2) is 0 Å². The molecular formula is C32H64O4Si. The number of carbonyl (C=O) groups is 2. The smallest absolute Gasteiger partial charge is 0.464 e. The molecule has 0 rings (SSSR count). The molecule has 5 heteroatoms. The van der Waals surface area contributed by atoms with Crippen molar-refractivity contribution in [3.63, 3.8) is 0 Å². The van der Waals surface area contributed by atoms with Crippen LogP contribution in [0.2, 0.25) is 12.1 Å². The molecule has 0 bridgehead atoms. The standard InChI is InChI=1S/C32H64O4Si/c1-5-9-11-13-15-17-19-21-23-25-27-31(33)35-37(29-7-3,30-8-4)36-32(34)28-26-24-22-20-18-16-14-12-10-6-2/h5-30H2,1-4H3. The predicted molar refractivity (Wildman–Crippen MR) is 161 cm³/mol. The Morgan fingerprint density at radius 2 is 0.676 bits per heavy atom. The summed E-state index contributed by atoms with van der Waals surface area (Å²) >= 11 is 0. The largest absolute Gasteiger partial charge is 0.485 e. The van der Waals surface area contributed by atoms with Gasteiger partial charge in [0.05, 0.1) is 0 Å². The van der Waals surface area contributed by atoms with E-state index < -0.39 is 8.56 Å². The molecule has 0 unspecified atom stereocenters. The van der Waals surface area contributed by atoms with Crippen LogP contribution in [0.5, 0.6) is 0 Å². The number of rotatable bonds is 28. The first kappa shape index (κ1) is 36.2. The van der Waals surface area contributed by atoms with E-state index in [0.717, 1.165) is 38.5 Å². The lowest BCUT2D eigenvalue weighted by Crippen LogP contribution is -2.45. The summed E-state index contributed by atoms with van der Waals surface area (Å²) in [7, 11) is -2.82. The fourth-order valence-electron chi connectivity index (χ4n) is 5.14. The Kier molecular flexibility index (Phi) is 26.1. The van der Waals surface area contributed by atoms with Gasteiger partial charge in [-0.2, -0.15) is 0 Å². The van der Waals surface area contributed by atoms with Crippen molar-refractivity contribution in [2.75, 3.05) is 0 Å². The maximum atomic E-state index is 12.7. The van der Waals surface area contributed by atoms with E-state index in [1.54, 1.807) is 0 Å². The molecule has 0 aliphatic rings. The second-order valence-electron chi connectivity index (χ2n) is 11.2. The molecule has 0 aromatic carbocycles. The first-order chi connectivity index (χ1) is 18.0. The fourth-order valence-corrected chi connectivity index (χ4v) is 8.40. The normalized spacial score (nSPS) is 11.6. The molecule has 220 valence electrons. The van der Waals surface area contributed by atoms with Gasteiger partial charge < -0.3 is 8.85 Å². The summed E-state index contributed by atoms with van der Waals surface area (Å²) in [6.07, 6.45) is 27.6. The minimum Gasteiger partial charge on any atom is -0.485 e. The highest BCUT2D eigenvalue weighted by Crippen LogP contribution is 2.25. The van der Waals surface area contributed by atoms with Crippen LogP contribution in [-0.2, 0) is 18.4 Å². The summed E-state index contributed by atoms with van der Waals surface area (Å²) in [5.74, 6) is -0.306. The Labute approximate surface area is 232 Å². The molecule has 0 spiro atoms. The van der Waals surface area contributed by atoms with Gasteiger partial charge in [-0.1, -0.05) is 156 Å². The van der Waals surface area contributed by atoms with Gasteiger partial charge in [-0.15, -0.1) is 0 Å². The van der Waals surface area contributed by atoms with E-state index in [4.69, 9.17) is 8.85 Å². The van der Waals surface area contributed by atoms with Crippen LogP contribution >= 0.6 is 0 Å². The predicted octanol–water partition coefficient (Wildman–Crippen LogP) is 11.0. The van der Waals surface area contributed by atoms with Gasteiger partial charge >= 0.3 is 8.56 Å². The summed E-state index contributed by atoms with van der Waals surface area (Å²) in [6, 6.07) is 1.43. The van der Waals surface area contributed by atoms with E-state index in [-0.39, 0.29) is 11.9 Å². The molecule has 0 atom stereocenters. The summed E-state index contributed by atoms with van der Waals surface area (Å²) < 4.78 is 12.1. The van der Waals surface area contributed by atoms with E-state index >= 15 is 0 Å². The number of unbranched alkanes of at least 4 members (excludes halogenated alkanes) is 18. The quantitative estimate of drug-likeness (QED) is 0.0731. The number of carbonyl (C=O) groups excluding carboxylic acids is 2. The van der Waals surface area contributed by atoms with Crippen molar-refractivity contribution >= 4 is 20.5 Å². The van der Waals surface area contributed by atoms with Crippen LogP contribution in [0.4, 0.5) is 0 Å². The highest BCUT2D eigenvalue weighted by atomic mass is 28.4. The van der Waals surface area contributed by atoms with Gasteiger partial charge in [-0.25, -0.2) is 0 Å². The first-order valence-corrected chi connectivity index (χ1v) is 18.7. The molecule has 0 saturated heterocycles. The Morgan fingerprint density at radius 3 is 0.946 bits per heavy atom. The average Bonchev–Trinajstić information content (AvgIpc) is 2.86. The lowest BCUT2D eigenvalue weighted by atomic mass is 10.1. The van der Waals surface area contributed by atoms with E-state index in [9.17, 15) is 9.59 Å². The monoisotopic (exact) mass is 540 g/mol. The van der Waals surface area contributed by atoms with Crippen molar-refractivity contribution in [3.05, 3.63) is 0 Å².